The number of carboxylic acid groups (broad SMARTS) is 1. The van der Waals surface area contributed by atoms with E-state index in [2.05, 4.69) is 0 Å². The molecule has 0 spiro atoms. The molecule has 0 aromatic heterocycles. The zero-order chi connectivity index (χ0) is 13.8. The summed E-state index contributed by atoms with van der Waals surface area (Å²) in [7, 11) is 0. The maximum absolute atomic E-state index is 10.8. The fourth-order valence-electron chi connectivity index (χ4n) is 2.28. The van der Waals surface area contributed by atoms with Crippen LogP contribution < -0.4 is 5.73 Å². The van der Waals surface area contributed by atoms with Crippen LogP contribution in [0.1, 0.15) is 23.6 Å². The minimum Gasteiger partial charge on any atom is -0.481 e. The van der Waals surface area contributed by atoms with E-state index in [4.69, 9.17) is 10.8 Å². The molecular weight excluding hydrogens is 238 g/mol. The van der Waals surface area contributed by atoms with Crippen LogP contribution in [0, 0.1) is 6.92 Å². The molecule has 0 aliphatic heterocycles. The fraction of sp³-hybridized carbons (Fsp3) is 0.188. The molecule has 0 amide bonds. The molecule has 0 aliphatic rings. The van der Waals surface area contributed by atoms with Crippen LogP contribution in [0.15, 0.2) is 48.5 Å². The van der Waals surface area contributed by atoms with E-state index in [0.29, 0.717) is 0 Å². The van der Waals surface area contributed by atoms with Crippen molar-refractivity contribution >= 4 is 5.97 Å². The third-order valence-electron chi connectivity index (χ3n) is 3.25. The summed E-state index contributed by atoms with van der Waals surface area (Å²) < 4.78 is 0. The number of hydrogen-bond acceptors (Lipinski definition) is 2. The Hall–Kier alpha value is -2.13. The summed E-state index contributed by atoms with van der Waals surface area (Å²) >= 11 is 0. The summed E-state index contributed by atoms with van der Waals surface area (Å²) in [6.07, 6.45) is -0.0565. The predicted octanol–water partition coefficient (Wildman–Crippen LogP) is 3.14. The van der Waals surface area contributed by atoms with E-state index < -0.39 is 12.0 Å². The molecule has 0 unspecified atom stereocenters. The van der Waals surface area contributed by atoms with Crippen molar-refractivity contribution in [1.29, 1.82) is 0 Å². The highest BCUT2D eigenvalue weighted by molar-refractivity contribution is 5.71. The summed E-state index contributed by atoms with van der Waals surface area (Å²) in [6, 6.07) is 15.4. The maximum atomic E-state index is 10.8. The molecule has 0 saturated heterocycles. The van der Waals surface area contributed by atoms with Crippen LogP contribution in [0.3, 0.4) is 0 Å². The second-order valence-electron chi connectivity index (χ2n) is 4.59. The van der Waals surface area contributed by atoms with E-state index in [0.717, 1.165) is 22.3 Å². The van der Waals surface area contributed by atoms with E-state index in [1.807, 2.05) is 55.5 Å². The Morgan fingerprint density at radius 2 is 1.84 bits per heavy atom. The van der Waals surface area contributed by atoms with Crippen molar-refractivity contribution < 1.29 is 9.90 Å². The van der Waals surface area contributed by atoms with E-state index in [1.54, 1.807) is 0 Å². The van der Waals surface area contributed by atoms with Gasteiger partial charge in [0.25, 0.3) is 0 Å². The molecule has 0 heterocycles. The van der Waals surface area contributed by atoms with Crippen LogP contribution in [-0.2, 0) is 4.79 Å². The smallest absolute Gasteiger partial charge is 0.305 e. The number of rotatable bonds is 4. The molecule has 0 aliphatic carbocycles. The van der Waals surface area contributed by atoms with Gasteiger partial charge < -0.3 is 10.8 Å². The minimum absolute atomic E-state index is 0.0565. The molecule has 3 heteroatoms. The molecule has 1 atom stereocenters. The standard InChI is InChI=1S/C16H17NO2/c1-11-13(12-6-3-2-4-7-12)8-5-9-14(11)15(17)10-16(18)19/h2-9,15H,10,17H2,1H3,(H,18,19)/t15-/m0/s1. The van der Waals surface area contributed by atoms with E-state index in [9.17, 15) is 4.79 Å². The van der Waals surface area contributed by atoms with Crippen molar-refractivity contribution in [1.82, 2.24) is 0 Å². The molecule has 0 radical (unpaired) electrons. The summed E-state index contributed by atoms with van der Waals surface area (Å²) in [4.78, 5) is 10.8. The maximum Gasteiger partial charge on any atom is 0.305 e. The van der Waals surface area contributed by atoms with Crippen molar-refractivity contribution in [3.8, 4) is 11.1 Å². The molecule has 0 saturated carbocycles. The summed E-state index contributed by atoms with van der Waals surface area (Å²) in [5.74, 6) is -0.878. The van der Waals surface area contributed by atoms with Gasteiger partial charge in [-0.25, -0.2) is 0 Å². The monoisotopic (exact) mass is 255 g/mol. The average Bonchev–Trinajstić information content (AvgIpc) is 2.39. The van der Waals surface area contributed by atoms with Gasteiger partial charge >= 0.3 is 5.97 Å². The van der Waals surface area contributed by atoms with Gasteiger partial charge in [-0.2, -0.15) is 0 Å². The Bertz CT molecular complexity index is 579. The zero-order valence-electron chi connectivity index (χ0n) is 10.8. The van der Waals surface area contributed by atoms with Gasteiger partial charge in [-0.15, -0.1) is 0 Å². The van der Waals surface area contributed by atoms with E-state index in [1.165, 1.54) is 0 Å². The van der Waals surface area contributed by atoms with Gasteiger partial charge in [0.2, 0.25) is 0 Å². The zero-order valence-corrected chi connectivity index (χ0v) is 10.8. The Balaban J connectivity index is 2.41. The van der Waals surface area contributed by atoms with Crippen LogP contribution in [0.4, 0.5) is 0 Å². The number of carboxylic acids is 1. The van der Waals surface area contributed by atoms with Crippen molar-refractivity contribution in [2.45, 2.75) is 19.4 Å². The van der Waals surface area contributed by atoms with Crippen LogP contribution >= 0.6 is 0 Å². The van der Waals surface area contributed by atoms with Gasteiger partial charge in [-0.1, -0.05) is 48.5 Å². The number of carbonyl (C=O) groups is 1. The molecule has 2 aromatic carbocycles. The Labute approximate surface area is 112 Å². The number of nitrogens with two attached hydrogens (primary N) is 1. The van der Waals surface area contributed by atoms with Gasteiger partial charge in [0.05, 0.1) is 6.42 Å². The first-order chi connectivity index (χ1) is 9.09. The highest BCUT2D eigenvalue weighted by Crippen LogP contribution is 2.28. The van der Waals surface area contributed by atoms with Crippen LogP contribution in [0.5, 0.6) is 0 Å². The number of hydrogen-bond donors (Lipinski definition) is 2. The number of benzene rings is 2. The van der Waals surface area contributed by atoms with Crippen LogP contribution in [-0.4, -0.2) is 11.1 Å². The lowest BCUT2D eigenvalue weighted by molar-refractivity contribution is -0.137. The Kier molecular flexibility index (Phi) is 3.97. The summed E-state index contributed by atoms with van der Waals surface area (Å²) in [5, 5.41) is 8.84. The molecule has 2 aromatic rings. The summed E-state index contributed by atoms with van der Waals surface area (Å²) in [6.45, 7) is 1.99. The molecular formula is C16H17NO2. The first kappa shape index (κ1) is 13.3. The summed E-state index contributed by atoms with van der Waals surface area (Å²) in [5.41, 5.74) is 10.1. The molecule has 2 rings (SSSR count). The minimum atomic E-state index is -0.878. The highest BCUT2D eigenvalue weighted by atomic mass is 16.4. The topological polar surface area (TPSA) is 63.3 Å². The first-order valence-corrected chi connectivity index (χ1v) is 6.22. The first-order valence-electron chi connectivity index (χ1n) is 6.22. The third kappa shape index (κ3) is 3.01. The lowest BCUT2D eigenvalue weighted by Gasteiger charge is -2.16. The lowest BCUT2D eigenvalue weighted by Crippen LogP contribution is -2.16. The van der Waals surface area contributed by atoms with Gasteiger partial charge in [-0.3, -0.25) is 4.79 Å². The van der Waals surface area contributed by atoms with Crippen molar-refractivity contribution in [2.24, 2.45) is 5.73 Å². The van der Waals surface area contributed by atoms with Crippen molar-refractivity contribution in [2.75, 3.05) is 0 Å². The van der Waals surface area contributed by atoms with Gasteiger partial charge in [0.1, 0.15) is 0 Å². The average molecular weight is 255 g/mol. The second-order valence-corrected chi connectivity index (χ2v) is 4.59. The van der Waals surface area contributed by atoms with E-state index >= 15 is 0 Å². The largest absolute Gasteiger partial charge is 0.481 e. The SMILES string of the molecule is Cc1c(-c2ccccc2)cccc1[C@@H](N)CC(=O)O. The van der Waals surface area contributed by atoms with Gasteiger partial charge in [0.15, 0.2) is 0 Å². The van der Waals surface area contributed by atoms with Crippen molar-refractivity contribution in [3.05, 3.63) is 59.7 Å². The Morgan fingerprint density at radius 1 is 1.16 bits per heavy atom. The van der Waals surface area contributed by atoms with Crippen LogP contribution in [0.25, 0.3) is 11.1 Å². The highest BCUT2D eigenvalue weighted by Gasteiger charge is 2.14. The molecule has 19 heavy (non-hydrogen) atoms. The fourth-order valence-corrected chi connectivity index (χ4v) is 2.28. The lowest BCUT2D eigenvalue weighted by atomic mass is 9.92. The molecule has 3 N–H and O–H groups in total. The molecule has 0 fully saturated rings. The third-order valence-corrected chi connectivity index (χ3v) is 3.25. The molecule has 98 valence electrons. The molecule has 3 nitrogen and oxygen atoms in total. The van der Waals surface area contributed by atoms with Crippen molar-refractivity contribution in [3.63, 3.8) is 0 Å². The van der Waals surface area contributed by atoms with Gasteiger partial charge in [-0.05, 0) is 29.2 Å². The quantitative estimate of drug-likeness (QED) is 0.882. The van der Waals surface area contributed by atoms with Gasteiger partial charge in [0, 0.05) is 6.04 Å². The van der Waals surface area contributed by atoms with E-state index in [-0.39, 0.29) is 6.42 Å². The normalized spacial score (nSPS) is 12.1. The number of aliphatic carboxylic acids is 1. The predicted molar refractivity (Wildman–Crippen MR) is 75.8 cm³/mol. The molecule has 0 bridgehead atoms. The van der Waals surface area contributed by atoms with Crippen LogP contribution in [0.2, 0.25) is 0 Å². The second kappa shape index (κ2) is 5.67. The Morgan fingerprint density at radius 3 is 2.47 bits per heavy atom.